The molecule has 0 aliphatic heterocycles. The number of rotatable bonds is 6. The maximum absolute atomic E-state index is 11.0. The normalized spacial score (nSPS) is 13.3. The number of hydrogen-bond donors (Lipinski definition) is 0. The van der Waals surface area contributed by atoms with Gasteiger partial charge in [0.05, 0.1) is 12.2 Å². The van der Waals surface area contributed by atoms with Crippen LogP contribution < -0.4 is 0 Å². The number of carbonyl (C=O) groups excluding carboxylic acids is 1. The fourth-order valence-corrected chi connectivity index (χ4v) is 0.957. The van der Waals surface area contributed by atoms with Gasteiger partial charge in [0.1, 0.15) is 0 Å². The van der Waals surface area contributed by atoms with Crippen LogP contribution in [0, 0.1) is 5.92 Å². The van der Waals surface area contributed by atoms with Crippen LogP contribution in [0.3, 0.4) is 0 Å². The predicted molar refractivity (Wildman–Crippen MR) is 58.4 cm³/mol. The van der Waals surface area contributed by atoms with Crippen LogP contribution in [0.25, 0.3) is 0 Å². The van der Waals surface area contributed by atoms with Crippen LogP contribution in [0.2, 0.25) is 0 Å². The largest absolute Gasteiger partial charge is 0.542 e. The molecule has 0 aromatic carbocycles. The van der Waals surface area contributed by atoms with Gasteiger partial charge in [0.2, 0.25) is 0 Å². The Morgan fingerprint density at radius 2 is 1.94 bits per heavy atom. The Morgan fingerprint density at radius 3 is 2.44 bits per heavy atom. The smallest absolute Gasteiger partial charge is 0.432 e. The van der Waals surface area contributed by atoms with Crippen molar-refractivity contribution in [3.8, 4) is 0 Å². The number of carbonyl (C=O) groups is 1. The zero-order valence-electron chi connectivity index (χ0n) is 10.7. The molecule has 5 heteroatoms. The molecule has 1 unspecified atom stereocenters. The van der Waals surface area contributed by atoms with Crippen molar-refractivity contribution in [1.29, 1.82) is 0 Å². The van der Waals surface area contributed by atoms with Gasteiger partial charge in [-0.1, -0.05) is 20.3 Å². The molecule has 1 atom stereocenters. The summed E-state index contributed by atoms with van der Waals surface area (Å²) in [5.41, 5.74) is -0.532. The van der Waals surface area contributed by atoms with Crippen molar-refractivity contribution in [2.45, 2.75) is 53.1 Å². The summed E-state index contributed by atoms with van der Waals surface area (Å²) < 4.78 is 4.80. The average molecular weight is 234 g/mol. The fourth-order valence-electron chi connectivity index (χ4n) is 0.957. The standard InChI is InChI=1S/C11H22O5/c1-6-7-9(2)8-13-10(12)14-16-15-11(3,4)5/h9H,6-8H2,1-5H3. The molecule has 0 rings (SSSR count). The lowest BCUT2D eigenvalue weighted by atomic mass is 10.1. The van der Waals surface area contributed by atoms with Gasteiger partial charge in [0, 0.05) is 0 Å². The molecule has 0 bridgehead atoms. The van der Waals surface area contributed by atoms with Crippen molar-refractivity contribution in [3.05, 3.63) is 0 Å². The third-order valence-corrected chi connectivity index (χ3v) is 1.65. The minimum absolute atomic E-state index is 0.320. The predicted octanol–water partition coefficient (Wildman–Crippen LogP) is 3.24. The maximum Gasteiger partial charge on any atom is 0.542 e. The zero-order valence-corrected chi connectivity index (χ0v) is 10.7. The molecule has 0 saturated carbocycles. The monoisotopic (exact) mass is 234 g/mol. The van der Waals surface area contributed by atoms with E-state index in [4.69, 9.17) is 9.62 Å². The van der Waals surface area contributed by atoms with E-state index < -0.39 is 11.8 Å². The molecule has 0 aliphatic rings. The van der Waals surface area contributed by atoms with E-state index in [0.717, 1.165) is 12.8 Å². The molecule has 0 amide bonds. The molecule has 0 aliphatic carbocycles. The highest BCUT2D eigenvalue weighted by Gasteiger charge is 2.15. The molecule has 0 saturated heterocycles. The third-order valence-electron chi connectivity index (χ3n) is 1.65. The average Bonchev–Trinajstić information content (AvgIpc) is 2.13. The van der Waals surface area contributed by atoms with Crippen molar-refractivity contribution in [3.63, 3.8) is 0 Å². The molecule has 0 N–H and O–H groups in total. The van der Waals surface area contributed by atoms with E-state index >= 15 is 0 Å². The molecule has 96 valence electrons. The van der Waals surface area contributed by atoms with E-state index in [1.54, 1.807) is 20.8 Å². The molecule has 16 heavy (non-hydrogen) atoms. The molecule has 0 fully saturated rings. The van der Waals surface area contributed by atoms with Gasteiger partial charge in [0.25, 0.3) is 0 Å². The highest BCUT2D eigenvalue weighted by Crippen LogP contribution is 2.08. The number of ether oxygens (including phenoxy) is 1. The van der Waals surface area contributed by atoms with Crippen molar-refractivity contribution < 1.29 is 24.3 Å². The van der Waals surface area contributed by atoms with E-state index in [-0.39, 0.29) is 0 Å². The minimum Gasteiger partial charge on any atom is -0.432 e. The van der Waals surface area contributed by atoms with Gasteiger partial charge < -0.3 is 4.74 Å². The molecule has 0 aromatic rings. The van der Waals surface area contributed by atoms with E-state index in [2.05, 4.69) is 16.8 Å². The van der Waals surface area contributed by atoms with E-state index in [1.807, 2.05) is 6.92 Å². The SMILES string of the molecule is CCCC(C)COC(=O)OOOC(C)(C)C. The summed E-state index contributed by atoms with van der Waals surface area (Å²) in [6, 6.07) is 0. The third kappa shape index (κ3) is 9.73. The van der Waals surface area contributed by atoms with Gasteiger partial charge in [0.15, 0.2) is 0 Å². The van der Waals surface area contributed by atoms with E-state index in [9.17, 15) is 4.79 Å². The molecule has 0 heterocycles. The van der Waals surface area contributed by atoms with Gasteiger partial charge in [-0.05, 0) is 38.1 Å². The molecule has 5 nitrogen and oxygen atoms in total. The Kier molecular flexibility index (Phi) is 7.08. The first-order valence-electron chi connectivity index (χ1n) is 5.54. The molecule has 0 spiro atoms. The Balaban J connectivity index is 3.52. The molecule has 0 radical (unpaired) electrons. The van der Waals surface area contributed by atoms with Gasteiger partial charge in [-0.2, -0.15) is 4.89 Å². The first-order chi connectivity index (χ1) is 7.35. The summed E-state index contributed by atoms with van der Waals surface area (Å²) in [5.74, 6) is 0.320. The summed E-state index contributed by atoms with van der Waals surface area (Å²) in [6.45, 7) is 9.71. The van der Waals surface area contributed by atoms with Crippen molar-refractivity contribution in [2.24, 2.45) is 5.92 Å². The summed E-state index contributed by atoms with van der Waals surface area (Å²) in [5, 5.41) is 4.28. The van der Waals surface area contributed by atoms with Crippen LogP contribution in [0.15, 0.2) is 0 Å². The molecular formula is C11H22O5. The lowest BCUT2D eigenvalue weighted by Crippen LogP contribution is -2.21. The van der Waals surface area contributed by atoms with Gasteiger partial charge in [-0.3, -0.25) is 0 Å². The van der Waals surface area contributed by atoms with Gasteiger partial charge in [-0.15, -0.1) is 0 Å². The Bertz CT molecular complexity index is 197. The first-order valence-corrected chi connectivity index (χ1v) is 5.54. The van der Waals surface area contributed by atoms with Crippen molar-refractivity contribution in [1.82, 2.24) is 0 Å². The van der Waals surface area contributed by atoms with Crippen LogP contribution in [-0.2, 0) is 19.6 Å². The summed E-state index contributed by atoms with van der Waals surface area (Å²) in [4.78, 5) is 20.0. The first kappa shape index (κ1) is 15.2. The van der Waals surface area contributed by atoms with Crippen LogP contribution in [0.4, 0.5) is 4.79 Å². The van der Waals surface area contributed by atoms with Crippen LogP contribution in [0.1, 0.15) is 47.5 Å². The van der Waals surface area contributed by atoms with Crippen LogP contribution in [-0.4, -0.2) is 18.4 Å². The minimum atomic E-state index is -0.882. The highest BCUT2D eigenvalue weighted by molar-refractivity contribution is 5.58. The van der Waals surface area contributed by atoms with Gasteiger partial charge in [-0.25, -0.2) is 9.68 Å². The quantitative estimate of drug-likeness (QED) is 0.401. The van der Waals surface area contributed by atoms with Crippen molar-refractivity contribution >= 4 is 6.16 Å². The maximum atomic E-state index is 11.0. The van der Waals surface area contributed by atoms with Gasteiger partial charge >= 0.3 is 6.16 Å². The second-order valence-corrected chi connectivity index (χ2v) is 4.80. The summed E-state index contributed by atoms with van der Waals surface area (Å²) >= 11 is 0. The lowest BCUT2D eigenvalue weighted by molar-refractivity contribution is -0.514. The molecular weight excluding hydrogens is 212 g/mol. The topological polar surface area (TPSA) is 54.0 Å². The lowest BCUT2D eigenvalue weighted by Gasteiger charge is -2.15. The summed E-state index contributed by atoms with van der Waals surface area (Å²) in [7, 11) is 0. The van der Waals surface area contributed by atoms with Crippen LogP contribution in [0.5, 0.6) is 0 Å². The van der Waals surface area contributed by atoms with E-state index in [0.29, 0.717) is 12.5 Å². The highest BCUT2D eigenvalue weighted by atomic mass is 17.5. The Labute approximate surface area is 96.9 Å². The summed E-state index contributed by atoms with van der Waals surface area (Å²) in [6.07, 6.45) is 1.18. The van der Waals surface area contributed by atoms with E-state index in [1.165, 1.54) is 0 Å². The number of hydrogen-bond acceptors (Lipinski definition) is 5. The Morgan fingerprint density at radius 1 is 1.31 bits per heavy atom. The van der Waals surface area contributed by atoms with Crippen molar-refractivity contribution in [2.75, 3.05) is 6.61 Å². The fraction of sp³-hybridized carbons (Fsp3) is 0.909. The second-order valence-electron chi connectivity index (χ2n) is 4.80. The Hall–Kier alpha value is -0.810. The second kappa shape index (κ2) is 7.46. The van der Waals surface area contributed by atoms with Crippen LogP contribution >= 0.6 is 0 Å². The zero-order chi connectivity index (χ0) is 12.6. The molecule has 0 aromatic heterocycles.